The van der Waals surface area contributed by atoms with E-state index in [1.165, 1.54) is 19.4 Å². The number of aromatic carboxylic acids is 1. The van der Waals surface area contributed by atoms with Crippen molar-refractivity contribution < 1.29 is 19.4 Å². The molecule has 0 aromatic carbocycles. The molecule has 2 N–H and O–H groups in total. The molecule has 0 aliphatic heterocycles. The highest BCUT2D eigenvalue weighted by Gasteiger charge is 2.29. The summed E-state index contributed by atoms with van der Waals surface area (Å²) in [4.78, 5) is 26.4. The summed E-state index contributed by atoms with van der Waals surface area (Å²) in [6, 6.07) is 0. The second-order valence-electron chi connectivity index (χ2n) is 3.77. The van der Waals surface area contributed by atoms with Crippen molar-refractivity contribution >= 4 is 11.9 Å². The standard InChI is InChI=1S/C11H12N2O4/c1-12-10(14)7-4-13-5-8(11(15)16)9(7)17-6-2-3-6/h4-6H,2-3H2,1H3,(H,12,14)(H,15,16). The van der Waals surface area contributed by atoms with Crippen molar-refractivity contribution in [2.24, 2.45) is 0 Å². The van der Waals surface area contributed by atoms with Gasteiger partial charge in [-0.05, 0) is 12.8 Å². The Morgan fingerprint density at radius 2 is 2.06 bits per heavy atom. The first-order chi connectivity index (χ1) is 8.13. The Hall–Kier alpha value is -2.11. The zero-order chi connectivity index (χ0) is 12.4. The largest absolute Gasteiger partial charge is 0.489 e. The minimum atomic E-state index is -1.15. The Kier molecular flexibility index (Phi) is 2.95. The molecule has 1 aromatic heterocycles. The highest BCUT2D eigenvalue weighted by molar-refractivity contribution is 6.01. The van der Waals surface area contributed by atoms with Crippen LogP contribution in [0.2, 0.25) is 0 Å². The molecular formula is C11H12N2O4. The minimum absolute atomic E-state index is 0.0129. The Morgan fingerprint density at radius 1 is 1.41 bits per heavy atom. The van der Waals surface area contributed by atoms with Crippen LogP contribution in [0.25, 0.3) is 0 Å². The third-order valence-corrected chi connectivity index (χ3v) is 2.41. The van der Waals surface area contributed by atoms with Crippen LogP contribution in [0.5, 0.6) is 5.75 Å². The topological polar surface area (TPSA) is 88.5 Å². The molecule has 0 radical (unpaired) electrons. The fourth-order valence-corrected chi connectivity index (χ4v) is 1.38. The normalized spacial score (nSPS) is 14.2. The summed E-state index contributed by atoms with van der Waals surface area (Å²) >= 11 is 0. The third kappa shape index (κ3) is 2.35. The summed E-state index contributed by atoms with van der Waals surface area (Å²) < 4.78 is 5.49. The number of hydrogen-bond acceptors (Lipinski definition) is 4. The summed E-state index contributed by atoms with van der Waals surface area (Å²) in [6.07, 6.45) is 4.28. The molecule has 2 rings (SSSR count). The van der Waals surface area contributed by atoms with Crippen LogP contribution in [-0.2, 0) is 0 Å². The molecule has 0 bridgehead atoms. The average molecular weight is 236 g/mol. The molecule has 1 heterocycles. The Labute approximate surface area is 97.6 Å². The lowest BCUT2D eigenvalue weighted by Gasteiger charge is -2.11. The van der Waals surface area contributed by atoms with Gasteiger partial charge in [-0.15, -0.1) is 0 Å². The number of carboxylic acids is 1. The van der Waals surface area contributed by atoms with E-state index >= 15 is 0 Å². The van der Waals surface area contributed by atoms with E-state index in [9.17, 15) is 9.59 Å². The maximum atomic E-state index is 11.6. The molecule has 0 unspecified atom stereocenters. The molecule has 1 aliphatic carbocycles. The van der Waals surface area contributed by atoms with E-state index < -0.39 is 11.9 Å². The molecule has 1 fully saturated rings. The smallest absolute Gasteiger partial charge is 0.341 e. The maximum absolute atomic E-state index is 11.6. The molecule has 1 saturated carbocycles. The zero-order valence-electron chi connectivity index (χ0n) is 9.27. The van der Waals surface area contributed by atoms with E-state index in [0.29, 0.717) is 0 Å². The van der Waals surface area contributed by atoms with Gasteiger partial charge < -0.3 is 15.2 Å². The van der Waals surface area contributed by atoms with E-state index in [1.54, 1.807) is 0 Å². The molecular weight excluding hydrogens is 224 g/mol. The van der Waals surface area contributed by atoms with E-state index in [2.05, 4.69) is 10.3 Å². The van der Waals surface area contributed by atoms with Crippen molar-refractivity contribution in [2.75, 3.05) is 7.05 Å². The average Bonchev–Trinajstić information content (AvgIpc) is 3.12. The van der Waals surface area contributed by atoms with Crippen molar-refractivity contribution in [2.45, 2.75) is 18.9 Å². The van der Waals surface area contributed by atoms with Gasteiger partial charge in [-0.1, -0.05) is 0 Å². The number of aromatic nitrogens is 1. The highest BCUT2D eigenvalue weighted by Crippen LogP contribution is 2.31. The van der Waals surface area contributed by atoms with Crippen LogP contribution >= 0.6 is 0 Å². The van der Waals surface area contributed by atoms with Gasteiger partial charge in [0.25, 0.3) is 5.91 Å². The van der Waals surface area contributed by atoms with E-state index in [0.717, 1.165) is 12.8 Å². The molecule has 1 aliphatic rings. The van der Waals surface area contributed by atoms with Gasteiger partial charge in [0.15, 0.2) is 0 Å². The summed E-state index contributed by atoms with van der Waals surface area (Å²) in [6.45, 7) is 0. The fourth-order valence-electron chi connectivity index (χ4n) is 1.38. The molecule has 1 aromatic rings. The van der Waals surface area contributed by atoms with Gasteiger partial charge >= 0.3 is 5.97 Å². The van der Waals surface area contributed by atoms with Gasteiger partial charge in [0.05, 0.1) is 6.10 Å². The highest BCUT2D eigenvalue weighted by atomic mass is 16.5. The number of hydrogen-bond donors (Lipinski definition) is 2. The van der Waals surface area contributed by atoms with Crippen molar-refractivity contribution in [3.63, 3.8) is 0 Å². The van der Waals surface area contributed by atoms with Gasteiger partial charge in [-0.25, -0.2) is 4.79 Å². The van der Waals surface area contributed by atoms with Gasteiger partial charge in [0.1, 0.15) is 16.9 Å². The van der Waals surface area contributed by atoms with Crippen molar-refractivity contribution in [1.82, 2.24) is 10.3 Å². The van der Waals surface area contributed by atoms with Gasteiger partial charge in [0, 0.05) is 19.4 Å². The quantitative estimate of drug-likeness (QED) is 0.802. The Balaban J connectivity index is 2.45. The van der Waals surface area contributed by atoms with Crippen molar-refractivity contribution in [3.8, 4) is 5.75 Å². The van der Waals surface area contributed by atoms with Crippen molar-refractivity contribution in [1.29, 1.82) is 0 Å². The second-order valence-corrected chi connectivity index (χ2v) is 3.77. The number of pyridine rings is 1. The number of ether oxygens (including phenoxy) is 1. The molecule has 6 nitrogen and oxygen atoms in total. The fraction of sp³-hybridized carbons (Fsp3) is 0.364. The lowest BCUT2D eigenvalue weighted by atomic mass is 10.1. The molecule has 17 heavy (non-hydrogen) atoms. The number of rotatable bonds is 4. The zero-order valence-corrected chi connectivity index (χ0v) is 9.27. The molecule has 0 saturated heterocycles. The van der Waals surface area contributed by atoms with Crippen LogP contribution in [0.3, 0.4) is 0 Å². The first-order valence-corrected chi connectivity index (χ1v) is 5.23. The predicted molar refractivity (Wildman–Crippen MR) is 58.2 cm³/mol. The van der Waals surface area contributed by atoms with Crippen molar-refractivity contribution in [3.05, 3.63) is 23.5 Å². The first-order valence-electron chi connectivity index (χ1n) is 5.23. The van der Waals surface area contributed by atoms with E-state index in [1.807, 2.05) is 0 Å². The Morgan fingerprint density at radius 3 is 2.59 bits per heavy atom. The third-order valence-electron chi connectivity index (χ3n) is 2.41. The van der Waals surface area contributed by atoms with Crippen LogP contribution in [0.4, 0.5) is 0 Å². The number of nitrogens with one attached hydrogen (secondary N) is 1. The predicted octanol–water partition coefficient (Wildman–Crippen LogP) is 0.681. The van der Waals surface area contributed by atoms with Gasteiger partial charge in [0.2, 0.25) is 0 Å². The number of carboxylic acid groups (broad SMARTS) is 1. The van der Waals surface area contributed by atoms with Crippen LogP contribution in [0.1, 0.15) is 33.6 Å². The molecule has 90 valence electrons. The van der Waals surface area contributed by atoms with Gasteiger partial charge in [-0.2, -0.15) is 0 Å². The second kappa shape index (κ2) is 4.40. The molecule has 0 spiro atoms. The first kappa shape index (κ1) is 11.4. The molecule has 6 heteroatoms. The van der Waals surface area contributed by atoms with Crippen LogP contribution < -0.4 is 10.1 Å². The lowest BCUT2D eigenvalue weighted by Crippen LogP contribution is -2.21. The summed E-state index contributed by atoms with van der Waals surface area (Å²) in [5.41, 5.74) is 0.0669. The van der Waals surface area contributed by atoms with E-state index in [-0.39, 0.29) is 23.0 Å². The lowest BCUT2D eigenvalue weighted by molar-refractivity contribution is 0.0691. The monoisotopic (exact) mass is 236 g/mol. The molecule has 0 atom stereocenters. The maximum Gasteiger partial charge on any atom is 0.341 e. The SMILES string of the molecule is CNC(=O)c1cncc(C(=O)O)c1OC1CC1. The summed E-state index contributed by atoms with van der Waals surface area (Å²) in [5, 5.41) is 11.5. The van der Waals surface area contributed by atoms with E-state index in [4.69, 9.17) is 9.84 Å². The van der Waals surface area contributed by atoms with Gasteiger partial charge in [-0.3, -0.25) is 9.78 Å². The number of amides is 1. The number of carbonyl (C=O) groups excluding carboxylic acids is 1. The molecule has 1 amide bonds. The summed E-state index contributed by atoms with van der Waals surface area (Å²) in [7, 11) is 1.47. The number of carbonyl (C=O) groups is 2. The summed E-state index contributed by atoms with van der Waals surface area (Å²) in [5.74, 6) is -1.45. The van der Waals surface area contributed by atoms with Crippen LogP contribution in [0, 0.1) is 0 Å². The Bertz CT molecular complexity index is 469. The van der Waals surface area contributed by atoms with Crippen LogP contribution in [-0.4, -0.2) is 35.1 Å². The number of nitrogens with zero attached hydrogens (tertiary/aromatic N) is 1. The van der Waals surface area contributed by atoms with Crippen LogP contribution in [0.15, 0.2) is 12.4 Å². The minimum Gasteiger partial charge on any atom is -0.489 e.